The molecule has 0 saturated carbocycles. The molecule has 1 fully saturated rings. The van der Waals surface area contributed by atoms with Gasteiger partial charge in [0.25, 0.3) is 5.91 Å². The van der Waals surface area contributed by atoms with Crippen molar-refractivity contribution >= 4 is 28.1 Å². The largest absolute Gasteiger partial charge is 0.378 e. The summed E-state index contributed by atoms with van der Waals surface area (Å²) in [7, 11) is 3.97. The Bertz CT molecular complexity index is 689. The average Bonchev–Trinajstić information content (AvgIpc) is 3.01. The molecule has 0 unspecified atom stereocenters. The first-order valence-electron chi connectivity index (χ1n) is 7.78. The van der Waals surface area contributed by atoms with Crippen LogP contribution in [0.4, 0.5) is 10.8 Å². The molecule has 2 heterocycles. The summed E-state index contributed by atoms with van der Waals surface area (Å²) in [5.74, 6) is 0.115. The number of aromatic nitrogens is 1. The van der Waals surface area contributed by atoms with Crippen LogP contribution in [0.1, 0.15) is 16.1 Å². The van der Waals surface area contributed by atoms with Gasteiger partial charge >= 0.3 is 0 Å². The second-order valence-corrected chi connectivity index (χ2v) is 6.83. The van der Waals surface area contributed by atoms with Crippen LogP contribution in [-0.2, 0) is 0 Å². The number of aryl methyl sites for hydroxylation is 1. The average molecular weight is 330 g/mol. The zero-order valence-corrected chi connectivity index (χ0v) is 14.6. The predicted molar refractivity (Wildman–Crippen MR) is 95.7 cm³/mol. The number of carbonyl (C=O) groups is 1. The van der Waals surface area contributed by atoms with Crippen LogP contribution in [0, 0.1) is 6.92 Å². The number of hydrogen-bond acceptors (Lipinski definition) is 5. The van der Waals surface area contributed by atoms with Gasteiger partial charge in [0.15, 0.2) is 5.13 Å². The Balaban J connectivity index is 1.65. The fourth-order valence-electron chi connectivity index (χ4n) is 2.69. The topological polar surface area (TPSA) is 39.7 Å². The molecule has 23 heavy (non-hydrogen) atoms. The van der Waals surface area contributed by atoms with Crippen LogP contribution in [0.5, 0.6) is 0 Å². The van der Waals surface area contributed by atoms with E-state index in [9.17, 15) is 4.79 Å². The highest BCUT2D eigenvalue weighted by molar-refractivity contribution is 7.13. The Morgan fingerprint density at radius 1 is 1.22 bits per heavy atom. The lowest BCUT2D eigenvalue weighted by Gasteiger charge is -2.34. The van der Waals surface area contributed by atoms with Gasteiger partial charge in [-0.25, -0.2) is 4.98 Å². The molecule has 1 aromatic carbocycles. The number of carbonyl (C=O) groups excluding carboxylic acids is 1. The number of hydrogen-bond donors (Lipinski definition) is 0. The summed E-state index contributed by atoms with van der Waals surface area (Å²) in [6.07, 6.45) is 0. The van der Waals surface area contributed by atoms with Gasteiger partial charge in [-0.1, -0.05) is 6.07 Å². The van der Waals surface area contributed by atoms with E-state index in [1.54, 1.807) is 11.3 Å². The maximum Gasteiger partial charge on any atom is 0.254 e. The van der Waals surface area contributed by atoms with Crippen molar-refractivity contribution in [2.45, 2.75) is 6.92 Å². The van der Waals surface area contributed by atoms with Crippen molar-refractivity contribution in [3.8, 4) is 0 Å². The first kappa shape index (κ1) is 15.8. The summed E-state index contributed by atoms with van der Waals surface area (Å²) in [5.41, 5.74) is 2.87. The summed E-state index contributed by atoms with van der Waals surface area (Å²) in [5, 5.41) is 3.13. The molecule has 0 spiro atoms. The van der Waals surface area contributed by atoms with Gasteiger partial charge in [-0.15, -0.1) is 11.3 Å². The van der Waals surface area contributed by atoms with Crippen LogP contribution in [-0.4, -0.2) is 56.1 Å². The SMILES string of the molecule is Cc1csc(N2CCN(C(=O)c3cccc(N(C)C)c3)CC2)n1. The van der Waals surface area contributed by atoms with E-state index in [2.05, 4.69) is 15.3 Å². The first-order valence-corrected chi connectivity index (χ1v) is 8.66. The van der Waals surface area contributed by atoms with Crippen molar-refractivity contribution in [3.63, 3.8) is 0 Å². The summed E-state index contributed by atoms with van der Waals surface area (Å²) >= 11 is 1.67. The molecule has 0 bridgehead atoms. The van der Waals surface area contributed by atoms with E-state index < -0.39 is 0 Å². The van der Waals surface area contributed by atoms with Gasteiger partial charge in [0.2, 0.25) is 0 Å². The number of piperazine rings is 1. The molecule has 1 aliphatic heterocycles. The highest BCUT2D eigenvalue weighted by Crippen LogP contribution is 2.22. The van der Waals surface area contributed by atoms with E-state index in [1.807, 2.05) is 55.1 Å². The van der Waals surface area contributed by atoms with Crippen molar-refractivity contribution in [2.24, 2.45) is 0 Å². The van der Waals surface area contributed by atoms with E-state index in [1.165, 1.54) is 0 Å². The van der Waals surface area contributed by atoms with Crippen LogP contribution in [0.25, 0.3) is 0 Å². The third-order valence-corrected chi connectivity index (χ3v) is 5.07. The summed E-state index contributed by atoms with van der Waals surface area (Å²) in [6.45, 7) is 5.17. The van der Waals surface area contributed by atoms with E-state index in [0.29, 0.717) is 0 Å². The molecule has 1 aliphatic rings. The lowest BCUT2D eigenvalue weighted by molar-refractivity contribution is 0.0747. The lowest BCUT2D eigenvalue weighted by Crippen LogP contribution is -2.48. The minimum absolute atomic E-state index is 0.115. The first-order chi connectivity index (χ1) is 11.0. The number of thiazole rings is 1. The van der Waals surface area contributed by atoms with Crippen molar-refractivity contribution in [1.82, 2.24) is 9.88 Å². The van der Waals surface area contributed by atoms with Crippen LogP contribution in [0.3, 0.4) is 0 Å². The Morgan fingerprint density at radius 2 is 1.96 bits per heavy atom. The lowest BCUT2D eigenvalue weighted by atomic mass is 10.1. The smallest absolute Gasteiger partial charge is 0.254 e. The van der Waals surface area contributed by atoms with Gasteiger partial charge < -0.3 is 14.7 Å². The molecular weight excluding hydrogens is 308 g/mol. The van der Waals surface area contributed by atoms with E-state index in [0.717, 1.165) is 48.3 Å². The number of amides is 1. The quantitative estimate of drug-likeness (QED) is 0.867. The molecular formula is C17H22N4OS. The molecule has 0 N–H and O–H groups in total. The van der Waals surface area contributed by atoms with E-state index in [4.69, 9.17) is 0 Å². The zero-order valence-electron chi connectivity index (χ0n) is 13.8. The van der Waals surface area contributed by atoms with Gasteiger partial charge in [-0.3, -0.25) is 4.79 Å². The number of nitrogens with zero attached hydrogens (tertiary/aromatic N) is 4. The Kier molecular flexibility index (Phi) is 4.52. The minimum Gasteiger partial charge on any atom is -0.378 e. The maximum absolute atomic E-state index is 12.7. The van der Waals surface area contributed by atoms with Crippen molar-refractivity contribution in [3.05, 3.63) is 40.9 Å². The molecule has 5 nitrogen and oxygen atoms in total. The highest BCUT2D eigenvalue weighted by Gasteiger charge is 2.23. The van der Waals surface area contributed by atoms with Crippen molar-refractivity contribution < 1.29 is 4.79 Å². The molecule has 1 aromatic heterocycles. The molecule has 2 aromatic rings. The monoisotopic (exact) mass is 330 g/mol. The van der Waals surface area contributed by atoms with Gasteiger partial charge in [-0.05, 0) is 25.1 Å². The van der Waals surface area contributed by atoms with Crippen LogP contribution < -0.4 is 9.80 Å². The normalized spacial score (nSPS) is 14.9. The summed E-state index contributed by atoms with van der Waals surface area (Å²) in [4.78, 5) is 23.4. The van der Waals surface area contributed by atoms with Gasteiger partial charge in [-0.2, -0.15) is 0 Å². The van der Waals surface area contributed by atoms with Crippen molar-refractivity contribution in [2.75, 3.05) is 50.1 Å². The predicted octanol–water partition coefficient (Wildman–Crippen LogP) is 2.48. The third kappa shape index (κ3) is 3.47. The molecule has 0 radical (unpaired) electrons. The molecule has 1 saturated heterocycles. The standard InChI is InChI=1S/C17H22N4OS/c1-13-12-23-17(18-13)21-9-7-20(8-10-21)16(22)14-5-4-6-15(11-14)19(2)3/h4-6,11-12H,7-10H2,1-3H3. The Morgan fingerprint density at radius 3 is 2.57 bits per heavy atom. The number of anilines is 2. The molecule has 0 atom stereocenters. The van der Waals surface area contributed by atoms with E-state index >= 15 is 0 Å². The third-order valence-electron chi connectivity index (χ3n) is 4.05. The summed E-state index contributed by atoms with van der Waals surface area (Å²) < 4.78 is 0. The van der Waals surface area contributed by atoms with Crippen molar-refractivity contribution in [1.29, 1.82) is 0 Å². The van der Waals surface area contributed by atoms with Gasteiger partial charge in [0.05, 0.1) is 5.69 Å². The molecule has 0 aliphatic carbocycles. The maximum atomic E-state index is 12.7. The Labute approximate surface area is 141 Å². The van der Waals surface area contributed by atoms with Crippen LogP contribution in [0.15, 0.2) is 29.6 Å². The fourth-order valence-corrected chi connectivity index (χ4v) is 3.54. The Hall–Kier alpha value is -2.08. The number of rotatable bonds is 3. The molecule has 3 rings (SSSR count). The van der Waals surface area contributed by atoms with E-state index in [-0.39, 0.29) is 5.91 Å². The second kappa shape index (κ2) is 6.58. The van der Waals surface area contributed by atoms with Gasteiger partial charge in [0, 0.05) is 56.9 Å². The zero-order chi connectivity index (χ0) is 16.4. The summed E-state index contributed by atoms with van der Waals surface area (Å²) in [6, 6.07) is 7.81. The second-order valence-electron chi connectivity index (χ2n) is 6.00. The molecule has 122 valence electrons. The van der Waals surface area contributed by atoms with Crippen LogP contribution >= 0.6 is 11.3 Å². The molecule has 1 amide bonds. The van der Waals surface area contributed by atoms with Crippen LogP contribution in [0.2, 0.25) is 0 Å². The fraction of sp³-hybridized carbons (Fsp3) is 0.412. The minimum atomic E-state index is 0.115. The molecule has 6 heteroatoms. The van der Waals surface area contributed by atoms with Gasteiger partial charge in [0.1, 0.15) is 0 Å². The number of benzene rings is 1. The highest BCUT2D eigenvalue weighted by atomic mass is 32.1.